The molecular weight excluding hydrogens is 340 g/mol. The van der Waals surface area contributed by atoms with Gasteiger partial charge >= 0.3 is 0 Å². The summed E-state index contributed by atoms with van der Waals surface area (Å²) in [6.07, 6.45) is 1.55. The van der Waals surface area contributed by atoms with Crippen molar-refractivity contribution in [3.63, 3.8) is 0 Å². The lowest BCUT2D eigenvalue weighted by atomic mass is 10.1. The van der Waals surface area contributed by atoms with Crippen molar-refractivity contribution in [3.05, 3.63) is 59.7 Å². The highest BCUT2D eigenvalue weighted by Crippen LogP contribution is 2.28. The van der Waals surface area contributed by atoms with E-state index in [0.717, 1.165) is 12.8 Å². The van der Waals surface area contributed by atoms with E-state index in [1.54, 1.807) is 18.2 Å². The van der Waals surface area contributed by atoms with Gasteiger partial charge in [0.2, 0.25) is 10.0 Å². The molecule has 0 unspecified atom stereocenters. The molecule has 0 fully saturated rings. The summed E-state index contributed by atoms with van der Waals surface area (Å²) >= 11 is 0. The standard InChI is InChI=1S/C18H20N2O4S/c19-18(21)11-24-17-7-3-6-16(10-17)20-25(22,23)12-13-8-14-4-1-2-5-15(14)9-13/h1-7,10,13,20H,8-9,11-12H2,(H2,19,21). The monoisotopic (exact) mass is 360 g/mol. The average Bonchev–Trinajstić information content (AvgIpc) is 2.94. The molecule has 0 bridgehead atoms. The van der Waals surface area contributed by atoms with Crippen molar-refractivity contribution in [3.8, 4) is 5.75 Å². The Hall–Kier alpha value is -2.54. The van der Waals surface area contributed by atoms with Crippen molar-refractivity contribution >= 4 is 21.6 Å². The first-order chi connectivity index (χ1) is 11.9. The molecule has 25 heavy (non-hydrogen) atoms. The molecule has 132 valence electrons. The summed E-state index contributed by atoms with van der Waals surface area (Å²) in [5.41, 5.74) is 7.89. The van der Waals surface area contributed by atoms with E-state index in [-0.39, 0.29) is 18.3 Å². The van der Waals surface area contributed by atoms with E-state index in [2.05, 4.69) is 16.9 Å². The third kappa shape index (κ3) is 4.73. The van der Waals surface area contributed by atoms with Crippen LogP contribution in [0.25, 0.3) is 0 Å². The maximum absolute atomic E-state index is 12.5. The largest absolute Gasteiger partial charge is 0.484 e. The first-order valence-electron chi connectivity index (χ1n) is 8.00. The Labute approximate surface area is 147 Å². The summed E-state index contributed by atoms with van der Waals surface area (Å²) in [7, 11) is -3.48. The number of benzene rings is 2. The molecule has 0 saturated carbocycles. The molecule has 0 saturated heterocycles. The highest BCUT2D eigenvalue weighted by molar-refractivity contribution is 7.92. The highest BCUT2D eigenvalue weighted by Gasteiger charge is 2.26. The van der Waals surface area contributed by atoms with Crippen molar-refractivity contribution in [2.45, 2.75) is 12.8 Å². The number of carbonyl (C=O) groups excluding carboxylic acids is 1. The van der Waals surface area contributed by atoms with Gasteiger partial charge in [0.1, 0.15) is 5.75 Å². The summed E-state index contributed by atoms with van der Waals surface area (Å²) in [6, 6.07) is 14.5. The Morgan fingerprint density at radius 2 is 1.80 bits per heavy atom. The zero-order chi connectivity index (χ0) is 17.9. The molecule has 6 nitrogen and oxygen atoms in total. The zero-order valence-electron chi connectivity index (χ0n) is 13.6. The van der Waals surface area contributed by atoms with Crippen molar-refractivity contribution in [1.29, 1.82) is 0 Å². The Kier molecular flexibility index (Phi) is 4.94. The van der Waals surface area contributed by atoms with Crippen LogP contribution in [0.15, 0.2) is 48.5 Å². The molecule has 1 amide bonds. The number of hydrogen-bond donors (Lipinski definition) is 2. The Balaban J connectivity index is 1.62. The van der Waals surface area contributed by atoms with E-state index >= 15 is 0 Å². The van der Waals surface area contributed by atoms with Gasteiger partial charge in [-0.05, 0) is 42.0 Å². The highest BCUT2D eigenvalue weighted by atomic mass is 32.2. The number of anilines is 1. The van der Waals surface area contributed by atoms with Crippen molar-refractivity contribution in [2.75, 3.05) is 17.1 Å². The van der Waals surface area contributed by atoms with E-state index < -0.39 is 15.9 Å². The number of primary amides is 1. The van der Waals surface area contributed by atoms with Gasteiger partial charge in [-0.1, -0.05) is 30.3 Å². The summed E-state index contributed by atoms with van der Waals surface area (Å²) in [5.74, 6) is -0.0723. The van der Waals surface area contributed by atoms with E-state index in [1.807, 2.05) is 12.1 Å². The number of nitrogens with two attached hydrogens (primary N) is 1. The molecule has 7 heteroatoms. The number of fused-ring (bicyclic) bond motifs is 1. The smallest absolute Gasteiger partial charge is 0.255 e. The van der Waals surface area contributed by atoms with E-state index in [9.17, 15) is 13.2 Å². The molecule has 2 aromatic rings. The third-order valence-electron chi connectivity index (χ3n) is 4.08. The fourth-order valence-corrected chi connectivity index (χ4v) is 4.53. The Morgan fingerprint density at radius 1 is 1.12 bits per heavy atom. The van der Waals surface area contributed by atoms with Gasteiger partial charge in [-0.3, -0.25) is 9.52 Å². The molecular formula is C18H20N2O4S. The number of amides is 1. The van der Waals surface area contributed by atoms with Crippen LogP contribution in [0.1, 0.15) is 11.1 Å². The minimum atomic E-state index is -3.48. The molecule has 0 heterocycles. The molecule has 3 N–H and O–H groups in total. The average molecular weight is 360 g/mol. The zero-order valence-corrected chi connectivity index (χ0v) is 14.5. The van der Waals surface area contributed by atoms with Gasteiger partial charge in [-0.25, -0.2) is 8.42 Å². The summed E-state index contributed by atoms with van der Waals surface area (Å²) in [4.78, 5) is 10.8. The predicted molar refractivity (Wildman–Crippen MR) is 95.9 cm³/mol. The number of hydrogen-bond acceptors (Lipinski definition) is 4. The predicted octanol–water partition coefficient (Wildman–Crippen LogP) is 1.71. The lowest BCUT2D eigenvalue weighted by Crippen LogP contribution is -2.23. The van der Waals surface area contributed by atoms with Gasteiger partial charge in [0.15, 0.2) is 6.61 Å². The normalized spacial score (nSPS) is 14.1. The van der Waals surface area contributed by atoms with E-state index in [0.29, 0.717) is 11.4 Å². The Morgan fingerprint density at radius 3 is 2.44 bits per heavy atom. The first-order valence-corrected chi connectivity index (χ1v) is 9.65. The lowest BCUT2D eigenvalue weighted by molar-refractivity contribution is -0.119. The fourth-order valence-electron chi connectivity index (χ4n) is 3.10. The maximum atomic E-state index is 12.5. The molecule has 0 spiro atoms. The third-order valence-corrected chi connectivity index (χ3v) is 5.54. The van der Waals surface area contributed by atoms with Crippen molar-refractivity contribution < 1.29 is 17.9 Å². The van der Waals surface area contributed by atoms with Gasteiger partial charge in [0.05, 0.1) is 11.4 Å². The van der Waals surface area contributed by atoms with Crippen molar-refractivity contribution in [2.24, 2.45) is 11.7 Å². The number of sulfonamides is 1. The minimum absolute atomic E-state index is 0.0635. The van der Waals surface area contributed by atoms with Crippen LogP contribution in [-0.2, 0) is 27.7 Å². The molecule has 0 atom stereocenters. The minimum Gasteiger partial charge on any atom is -0.484 e. The molecule has 3 rings (SSSR count). The number of nitrogens with one attached hydrogen (secondary N) is 1. The van der Waals surface area contributed by atoms with Crippen LogP contribution in [0.5, 0.6) is 5.75 Å². The van der Waals surface area contributed by atoms with Crippen LogP contribution in [0.2, 0.25) is 0 Å². The van der Waals surface area contributed by atoms with Gasteiger partial charge in [0.25, 0.3) is 5.91 Å². The molecule has 1 aliphatic rings. The topological polar surface area (TPSA) is 98.5 Å². The maximum Gasteiger partial charge on any atom is 0.255 e. The second kappa shape index (κ2) is 7.14. The van der Waals surface area contributed by atoms with Gasteiger partial charge in [-0.15, -0.1) is 0 Å². The van der Waals surface area contributed by atoms with E-state index in [1.165, 1.54) is 17.2 Å². The molecule has 1 aliphatic carbocycles. The SMILES string of the molecule is NC(=O)COc1cccc(NS(=O)(=O)CC2Cc3ccccc3C2)c1. The van der Waals surface area contributed by atoms with E-state index in [4.69, 9.17) is 10.5 Å². The molecule has 0 aromatic heterocycles. The quantitative estimate of drug-likeness (QED) is 0.785. The Bertz CT molecular complexity index is 855. The number of ether oxygens (including phenoxy) is 1. The molecule has 0 radical (unpaired) electrons. The van der Waals surface area contributed by atoms with Gasteiger partial charge in [0, 0.05) is 6.07 Å². The molecule has 2 aromatic carbocycles. The molecule has 0 aliphatic heterocycles. The van der Waals surface area contributed by atoms with Crippen LogP contribution in [-0.4, -0.2) is 26.7 Å². The van der Waals surface area contributed by atoms with Crippen LogP contribution >= 0.6 is 0 Å². The lowest BCUT2D eigenvalue weighted by Gasteiger charge is -2.13. The van der Waals surface area contributed by atoms with Crippen LogP contribution in [0, 0.1) is 5.92 Å². The van der Waals surface area contributed by atoms with Crippen LogP contribution in [0.3, 0.4) is 0 Å². The number of carbonyl (C=O) groups is 1. The van der Waals surface area contributed by atoms with Crippen molar-refractivity contribution in [1.82, 2.24) is 0 Å². The second-order valence-electron chi connectivity index (χ2n) is 6.21. The summed E-state index contributed by atoms with van der Waals surface area (Å²) in [6.45, 7) is -0.253. The van der Waals surface area contributed by atoms with Gasteiger partial charge in [-0.2, -0.15) is 0 Å². The first kappa shape index (κ1) is 17.3. The van der Waals surface area contributed by atoms with Crippen LogP contribution < -0.4 is 15.2 Å². The summed E-state index contributed by atoms with van der Waals surface area (Å²) in [5, 5.41) is 0. The van der Waals surface area contributed by atoms with Gasteiger partial charge < -0.3 is 10.5 Å². The summed E-state index contributed by atoms with van der Waals surface area (Å²) < 4.78 is 32.7. The second-order valence-corrected chi connectivity index (χ2v) is 7.98. The fraction of sp³-hybridized carbons (Fsp3) is 0.278. The van der Waals surface area contributed by atoms with Crippen LogP contribution in [0.4, 0.5) is 5.69 Å². The number of rotatable bonds is 7.